The Balaban J connectivity index is 1.52. The second-order valence-electron chi connectivity index (χ2n) is 7.44. The summed E-state index contributed by atoms with van der Waals surface area (Å²) < 4.78 is 30.8. The SMILES string of the molecule is CN=C(NCc1ccccc1Oc1ccccc1F)N1CCC(OCCCOC)CC1. The Morgan fingerprint density at radius 2 is 1.77 bits per heavy atom. The van der Waals surface area contributed by atoms with Crippen molar-refractivity contribution in [2.24, 2.45) is 4.99 Å². The summed E-state index contributed by atoms with van der Waals surface area (Å²) in [6.45, 7) is 3.79. The van der Waals surface area contributed by atoms with Gasteiger partial charge in [-0.2, -0.15) is 0 Å². The summed E-state index contributed by atoms with van der Waals surface area (Å²) in [5.74, 6) is 1.30. The van der Waals surface area contributed by atoms with E-state index in [2.05, 4.69) is 15.2 Å². The number of guanidine groups is 1. The predicted molar refractivity (Wildman–Crippen MR) is 120 cm³/mol. The van der Waals surface area contributed by atoms with Gasteiger partial charge >= 0.3 is 0 Å². The number of ether oxygens (including phenoxy) is 3. The molecule has 1 fully saturated rings. The number of likely N-dealkylation sites (tertiary alicyclic amines) is 1. The molecule has 0 bridgehead atoms. The third kappa shape index (κ3) is 6.94. The van der Waals surface area contributed by atoms with Gasteiger partial charge in [0.05, 0.1) is 6.10 Å². The number of methoxy groups -OCH3 is 1. The topological polar surface area (TPSA) is 55.3 Å². The molecule has 0 radical (unpaired) electrons. The third-order valence-corrected chi connectivity index (χ3v) is 5.27. The standard InChI is InChI=1S/C24H32FN3O3/c1-26-24(28-14-12-20(13-15-28)30-17-7-16-29-2)27-18-19-8-3-5-10-22(19)31-23-11-6-4-9-21(23)25/h3-6,8-11,20H,7,12-18H2,1-2H3,(H,26,27). The van der Waals surface area contributed by atoms with Gasteiger partial charge in [-0.15, -0.1) is 0 Å². The fraction of sp³-hybridized carbons (Fsp3) is 0.458. The van der Waals surface area contributed by atoms with Crippen LogP contribution in [0.5, 0.6) is 11.5 Å². The first-order chi connectivity index (χ1) is 15.2. The summed E-state index contributed by atoms with van der Waals surface area (Å²) in [7, 11) is 3.50. The maximum Gasteiger partial charge on any atom is 0.193 e. The van der Waals surface area contributed by atoms with E-state index in [4.69, 9.17) is 14.2 Å². The highest BCUT2D eigenvalue weighted by atomic mass is 19.1. The summed E-state index contributed by atoms with van der Waals surface area (Å²) >= 11 is 0. The molecule has 0 amide bonds. The molecule has 3 rings (SSSR count). The van der Waals surface area contributed by atoms with Crippen molar-refractivity contribution in [3.63, 3.8) is 0 Å². The highest BCUT2D eigenvalue weighted by Crippen LogP contribution is 2.27. The monoisotopic (exact) mass is 429 g/mol. The molecule has 0 saturated carbocycles. The quantitative estimate of drug-likeness (QED) is 0.368. The molecule has 1 aliphatic rings. The van der Waals surface area contributed by atoms with Crippen molar-refractivity contribution >= 4 is 5.96 Å². The summed E-state index contributed by atoms with van der Waals surface area (Å²) in [5, 5.41) is 3.42. The Morgan fingerprint density at radius 3 is 2.48 bits per heavy atom. The van der Waals surface area contributed by atoms with E-state index in [0.717, 1.165) is 57.1 Å². The van der Waals surface area contributed by atoms with Crippen molar-refractivity contribution in [3.05, 3.63) is 59.9 Å². The van der Waals surface area contributed by atoms with E-state index in [1.807, 2.05) is 24.3 Å². The van der Waals surface area contributed by atoms with Gasteiger partial charge in [0, 0.05) is 52.6 Å². The minimum atomic E-state index is -0.381. The van der Waals surface area contributed by atoms with Crippen molar-refractivity contribution in [3.8, 4) is 11.5 Å². The van der Waals surface area contributed by atoms with Crippen LogP contribution < -0.4 is 10.1 Å². The van der Waals surface area contributed by atoms with Crippen LogP contribution in [0.1, 0.15) is 24.8 Å². The third-order valence-electron chi connectivity index (χ3n) is 5.27. The molecule has 1 N–H and O–H groups in total. The first-order valence-corrected chi connectivity index (χ1v) is 10.8. The van der Waals surface area contributed by atoms with E-state index in [0.29, 0.717) is 18.4 Å². The minimum Gasteiger partial charge on any atom is -0.454 e. The molecule has 2 aromatic rings. The molecular weight excluding hydrogens is 397 g/mol. The van der Waals surface area contributed by atoms with Crippen molar-refractivity contribution in [2.45, 2.75) is 31.9 Å². The number of benzene rings is 2. The van der Waals surface area contributed by atoms with E-state index in [-0.39, 0.29) is 11.6 Å². The number of nitrogens with one attached hydrogen (secondary N) is 1. The van der Waals surface area contributed by atoms with Crippen LogP contribution in [-0.2, 0) is 16.0 Å². The lowest BCUT2D eigenvalue weighted by molar-refractivity contribution is 0.00989. The smallest absolute Gasteiger partial charge is 0.193 e. The van der Waals surface area contributed by atoms with Gasteiger partial charge in [-0.3, -0.25) is 4.99 Å². The van der Waals surface area contributed by atoms with Gasteiger partial charge in [-0.05, 0) is 37.5 Å². The van der Waals surface area contributed by atoms with Crippen LogP contribution in [0.4, 0.5) is 4.39 Å². The molecule has 1 saturated heterocycles. The lowest BCUT2D eigenvalue weighted by Crippen LogP contribution is -2.46. The van der Waals surface area contributed by atoms with Crippen molar-refractivity contribution in [1.29, 1.82) is 0 Å². The number of para-hydroxylation sites is 2. The van der Waals surface area contributed by atoms with Gasteiger partial charge in [-0.25, -0.2) is 4.39 Å². The molecule has 0 atom stereocenters. The van der Waals surface area contributed by atoms with Gasteiger partial charge in [0.25, 0.3) is 0 Å². The van der Waals surface area contributed by atoms with Crippen LogP contribution in [0.15, 0.2) is 53.5 Å². The lowest BCUT2D eigenvalue weighted by Gasteiger charge is -2.34. The van der Waals surface area contributed by atoms with Gasteiger partial charge in [0.2, 0.25) is 0 Å². The molecule has 6 nitrogen and oxygen atoms in total. The maximum atomic E-state index is 14.0. The van der Waals surface area contributed by atoms with Crippen LogP contribution in [-0.4, -0.2) is 57.4 Å². The Morgan fingerprint density at radius 1 is 1.06 bits per heavy atom. The molecular formula is C24H32FN3O3. The maximum absolute atomic E-state index is 14.0. The Hall–Kier alpha value is -2.64. The summed E-state index contributed by atoms with van der Waals surface area (Å²) in [5.41, 5.74) is 0.934. The summed E-state index contributed by atoms with van der Waals surface area (Å²) in [4.78, 5) is 6.68. The van der Waals surface area contributed by atoms with E-state index in [9.17, 15) is 4.39 Å². The Kier molecular flexibility index (Phi) is 9.12. The predicted octanol–water partition coefficient (Wildman–Crippen LogP) is 4.21. The van der Waals surface area contributed by atoms with E-state index in [1.165, 1.54) is 6.07 Å². The number of hydrogen-bond donors (Lipinski definition) is 1. The highest BCUT2D eigenvalue weighted by molar-refractivity contribution is 5.80. The van der Waals surface area contributed by atoms with Gasteiger partial charge < -0.3 is 24.4 Å². The summed E-state index contributed by atoms with van der Waals surface area (Å²) in [6.07, 6.45) is 3.16. The zero-order valence-corrected chi connectivity index (χ0v) is 18.4. The zero-order valence-electron chi connectivity index (χ0n) is 18.4. The number of piperidine rings is 1. The van der Waals surface area contributed by atoms with Gasteiger partial charge in [-0.1, -0.05) is 30.3 Å². The van der Waals surface area contributed by atoms with E-state index >= 15 is 0 Å². The average molecular weight is 430 g/mol. The molecule has 2 aromatic carbocycles. The van der Waals surface area contributed by atoms with Crippen LogP contribution in [0.3, 0.4) is 0 Å². The summed E-state index contributed by atoms with van der Waals surface area (Å²) in [6, 6.07) is 14.1. The normalized spacial score (nSPS) is 15.2. The van der Waals surface area contributed by atoms with Gasteiger partial charge in [0.15, 0.2) is 17.5 Å². The molecule has 0 aliphatic carbocycles. The van der Waals surface area contributed by atoms with E-state index < -0.39 is 0 Å². The van der Waals surface area contributed by atoms with Crippen molar-refractivity contribution in [1.82, 2.24) is 10.2 Å². The Bertz CT molecular complexity index is 838. The Labute approximate surface area is 184 Å². The second-order valence-corrected chi connectivity index (χ2v) is 7.44. The molecule has 1 aliphatic heterocycles. The van der Waals surface area contributed by atoms with Crippen LogP contribution in [0.25, 0.3) is 0 Å². The lowest BCUT2D eigenvalue weighted by atomic mass is 10.1. The average Bonchev–Trinajstić information content (AvgIpc) is 2.80. The largest absolute Gasteiger partial charge is 0.454 e. The molecule has 1 heterocycles. The van der Waals surface area contributed by atoms with Gasteiger partial charge in [0.1, 0.15) is 5.75 Å². The molecule has 7 heteroatoms. The van der Waals surface area contributed by atoms with Crippen LogP contribution in [0, 0.1) is 5.82 Å². The fourth-order valence-electron chi connectivity index (χ4n) is 3.59. The van der Waals surface area contributed by atoms with Crippen molar-refractivity contribution in [2.75, 3.05) is 40.5 Å². The molecule has 0 spiro atoms. The van der Waals surface area contributed by atoms with Crippen molar-refractivity contribution < 1.29 is 18.6 Å². The zero-order chi connectivity index (χ0) is 21.9. The number of halogens is 1. The number of hydrogen-bond acceptors (Lipinski definition) is 4. The molecule has 31 heavy (non-hydrogen) atoms. The number of aliphatic imine (C=N–C) groups is 1. The molecule has 168 valence electrons. The van der Waals surface area contributed by atoms with Crippen LogP contribution >= 0.6 is 0 Å². The highest BCUT2D eigenvalue weighted by Gasteiger charge is 2.22. The second kappa shape index (κ2) is 12.3. The number of nitrogens with zero attached hydrogens (tertiary/aromatic N) is 2. The first kappa shape index (κ1) is 23.0. The number of rotatable bonds is 9. The molecule has 0 aromatic heterocycles. The minimum absolute atomic E-state index is 0.215. The first-order valence-electron chi connectivity index (χ1n) is 10.8. The van der Waals surface area contributed by atoms with E-state index in [1.54, 1.807) is 32.4 Å². The van der Waals surface area contributed by atoms with Crippen LogP contribution in [0.2, 0.25) is 0 Å². The molecule has 0 unspecified atom stereocenters. The fourth-order valence-corrected chi connectivity index (χ4v) is 3.59.